The van der Waals surface area contributed by atoms with Crippen LogP contribution in [0.2, 0.25) is 0 Å². The Labute approximate surface area is 154 Å². The minimum Gasteiger partial charge on any atom is -0.379 e. The fraction of sp³-hybridized carbons (Fsp3) is 0.455. The topological polar surface area (TPSA) is 15.7 Å². The van der Waals surface area contributed by atoms with Gasteiger partial charge in [0.2, 0.25) is 0 Å². The Morgan fingerprint density at radius 1 is 0.923 bits per heavy atom. The first-order valence-electron chi connectivity index (χ1n) is 9.67. The summed E-state index contributed by atoms with van der Waals surface area (Å²) in [5.41, 5.74) is 4.27. The maximum Gasteiger partial charge on any atom is 0.123 e. The zero-order valence-corrected chi connectivity index (χ0v) is 15.0. The molecule has 3 atom stereocenters. The maximum absolute atomic E-state index is 13.2. The van der Waals surface area contributed by atoms with Gasteiger partial charge in [-0.25, -0.2) is 4.39 Å². The number of nitrogens with zero attached hydrogens (tertiary/aromatic N) is 2. The first-order valence-corrected chi connectivity index (χ1v) is 9.67. The predicted octanol–water partition coefficient (Wildman–Crippen LogP) is 3.43. The van der Waals surface area contributed by atoms with Gasteiger partial charge in [0.05, 0.1) is 13.2 Å². The number of rotatable bonds is 3. The van der Waals surface area contributed by atoms with Gasteiger partial charge in [0.15, 0.2) is 0 Å². The zero-order chi connectivity index (χ0) is 17.5. The van der Waals surface area contributed by atoms with Crippen LogP contribution in [-0.4, -0.2) is 49.2 Å². The van der Waals surface area contributed by atoms with Gasteiger partial charge in [-0.2, -0.15) is 0 Å². The van der Waals surface area contributed by atoms with Crippen molar-refractivity contribution >= 4 is 0 Å². The highest BCUT2D eigenvalue weighted by Crippen LogP contribution is 2.51. The largest absolute Gasteiger partial charge is 0.379 e. The maximum atomic E-state index is 13.2. The highest BCUT2D eigenvalue weighted by Gasteiger charge is 2.48. The van der Waals surface area contributed by atoms with Crippen LogP contribution in [0.4, 0.5) is 4.39 Å². The molecule has 0 spiro atoms. The van der Waals surface area contributed by atoms with E-state index in [1.54, 1.807) is 12.1 Å². The van der Waals surface area contributed by atoms with Crippen molar-refractivity contribution in [1.29, 1.82) is 0 Å². The second-order valence-electron chi connectivity index (χ2n) is 7.81. The van der Waals surface area contributed by atoms with Crippen LogP contribution in [0.25, 0.3) is 0 Å². The molecule has 0 saturated carbocycles. The third kappa shape index (κ3) is 2.86. The summed E-state index contributed by atoms with van der Waals surface area (Å²) in [6, 6.07) is 16.5. The number of hydrogen-bond donors (Lipinski definition) is 0. The van der Waals surface area contributed by atoms with Crippen LogP contribution >= 0.6 is 0 Å². The Hall–Kier alpha value is -1.75. The molecule has 3 nitrogen and oxygen atoms in total. The van der Waals surface area contributed by atoms with E-state index in [-0.39, 0.29) is 5.82 Å². The lowest BCUT2D eigenvalue weighted by Crippen LogP contribution is -2.41. The van der Waals surface area contributed by atoms with Gasteiger partial charge in [0, 0.05) is 44.7 Å². The van der Waals surface area contributed by atoms with Crippen molar-refractivity contribution in [2.45, 2.75) is 18.5 Å². The van der Waals surface area contributed by atoms with E-state index < -0.39 is 0 Å². The number of fused-ring (bicyclic) bond motifs is 3. The Kier molecular flexibility index (Phi) is 4.27. The van der Waals surface area contributed by atoms with Gasteiger partial charge in [-0.15, -0.1) is 0 Å². The molecule has 3 aliphatic rings. The molecule has 2 aromatic carbocycles. The molecule has 1 aliphatic carbocycles. The monoisotopic (exact) mass is 352 g/mol. The van der Waals surface area contributed by atoms with Crippen LogP contribution in [0.5, 0.6) is 0 Å². The molecule has 0 aromatic heterocycles. The smallest absolute Gasteiger partial charge is 0.123 e. The molecule has 4 heteroatoms. The Bertz CT molecular complexity index is 772. The second-order valence-corrected chi connectivity index (χ2v) is 7.81. The quantitative estimate of drug-likeness (QED) is 0.842. The third-order valence-corrected chi connectivity index (χ3v) is 6.32. The van der Waals surface area contributed by atoms with Crippen LogP contribution in [0.1, 0.15) is 28.7 Å². The molecule has 2 aliphatic heterocycles. The van der Waals surface area contributed by atoms with Crippen molar-refractivity contribution in [3.05, 3.63) is 71.0 Å². The molecule has 2 aromatic rings. The van der Waals surface area contributed by atoms with E-state index in [1.165, 1.54) is 16.7 Å². The lowest BCUT2D eigenvalue weighted by Gasteiger charge is -2.36. The molecule has 26 heavy (non-hydrogen) atoms. The van der Waals surface area contributed by atoms with Gasteiger partial charge < -0.3 is 4.74 Å². The first-order chi connectivity index (χ1) is 12.8. The summed E-state index contributed by atoms with van der Waals surface area (Å²) in [6.45, 7) is 6.86. The van der Waals surface area contributed by atoms with Crippen molar-refractivity contribution in [3.8, 4) is 0 Å². The Morgan fingerprint density at radius 2 is 1.65 bits per heavy atom. The van der Waals surface area contributed by atoms with Crippen LogP contribution in [0.15, 0.2) is 48.5 Å². The summed E-state index contributed by atoms with van der Waals surface area (Å²) in [5.74, 6) is 1.10. The van der Waals surface area contributed by atoms with Crippen LogP contribution < -0.4 is 0 Å². The Morgan fingerprint density at radius 3 is 2.42 bits per heavy atom. The average Bonchev–Trinajstić information content (AvgIpc) is 3.20. The molecular formula is C22H25FN2O. The molecule has 5 rings (SSSR count). The van der Waals surface area contributed by atoms with Gasteiger partial charge in [0.25, 0.3) is 0 Å². The van der Waals surface area contributed by atoms with Gasteiger partial charge >= 0.3 is 0 Å². The van der Waals surface area contributed by atoms with Gasteiger partial charge in [-0.3, -0.25) is 9.80 Å². The summed E-state index contributed by atoms with van der Waals surface area (Å²) < 4.78 is 18.8. The molecule has 136 valence electrons. The Balaban J connectivity index is 1.39. The molecule has 0 amide bonds. The molecule has 0 unspecified atom stereocenters. The zero-order valence-electron chi connectivity index (χ0n) is 15.0. The number of ether oxygens (including phenoxy) is 1. The minimum atomic E-state index is -0.159. The van der Waals surface area contributed by atoms with E-state index in [0.29, 0.717) is 17.9 Å². The average molecular weight is 352 g/mol. The summed E-state index contributed by atoms with van der Waals surface area (Å²) >= 11 is 0. The lowest BCUT2D eigenvalue weighted by atomic mass is 9.93. The van der Waals surface area contributed by atoms with E-state index >= 15 is 0 Å². The van der Waals surface area contributed by atoms with E-state index in [9.17, 15) is 4.39 Å². The highest BCUT2D eigenvalue weighted by molar-refractivity contribution is 5.41. The van der Waals surface area contributed by atoms with Gasteiger partial charge in [-0.1, -0.05) is 36.4 Å². The van der Waals surface area contributed by atoms with E-state index in [0.717, 1.165) is 45.9 Å². The minimum absolute atomic E-state index is 0.159. The summed E-state index contributed by atoms with van der Waals surface area (Å²) in [4.78, 5) is 5.18. The van der Waals surface area contributed by atoms with Crippen LogP contribution in [0.3, 0.4) is 0 Å². The van der Waals surface area contributed by atoms with Crippen molar-refractivity contribution in [3.63, 3.8) is 0 Å². The number of morpholine rings is 1. The van der Waals surface area contributed by atoms with Crippen LogP contribution in [0, 0.1) is 11.7 Å². The van der Waals surface area contributed by atoms with Crippen molar-refractivity contribution in [2.24, 2.45) is 5.92 Å². The van der Waals surface area contributed by atoms with E-state index in [1.807, 2.05) is 12.1 Å². The first kappa shape index (κ1) is 16.4. The standard InChI is InChI=1S/C22H25FN2O/c23-17-7-5-16(6-8-17)13-24-14-20-18-3-1-2-4-19(18)22(21(20)15-24)25-9-11-26-12-10-25/h1-8,20-22H,9-15H2/t20-,21-,22-/m0/s1. The lowest BCUT2D eigenvalue weighted by molar-refractivity contribution is 0.00470. The molecule has 2 saturated heterocycles. The van der Waals surface area contributed by atoms with Gasteiger partial charge in [-0.05, 0) is 34.7 Å². The number of likely N-dealkylation sites (tertiary alicyclic amines) is 1. The molecule has 0 radical (unpaired) electrons. The fourth-order valence-electron chi connectivity index (χ4n) is 5.21. The summed E-state index contributed by atoms with van der Waals surface area (Å²) in [7, 11) is 0. The van der Waals surface area contributed by atoms with Crippen molar-refractivity contribution in [1.82, 2.24) is 9.80 Å². The molecule has 2 fully saturated rings. The van der Waals surface area contributed by atoms with E-state index in [2.05, 4.69) is 34.1 Å². The van der Waals surface area contributed by atoms with Crippen LogP contribution in [-0.2, 0) is 11.3 Å². The number of benzene rings is 2. The third-order valence-electron chi connectivity index (χ3n) is 6.32. The fourth-order valence-corrected chi connectivity index (χ4v) is 5.21. The molecule has 2 heterocycles. The van der Waals surface area contributed by atoms with Gasteiger partial charge in [0.1, 0.15) is 5.82 Å². The number of hydrogen-bond acceptors (Lipinski definition) is 3. The highest BCUT2D eigenvalue weighted by atomic mass is 19.1. The summed E-state index contributed by atoms with van der Waals surface area (Å²) in [6.07, 6.45) is 0. The summed E-state index contributed by atoms with van der Waals surface area (Å²) in [5, 5.41) is 0. The molecule has 0 bridgehead atoms. The van der Waals surface area contributed by atoms with Crippen molar-refractivity contribution in [2.75, 3.05) is 39.4 Å². The molecular weight excluding hydrogens is 327 g/mol. The van der Waals surface area contributed by atoms with E-state index in [4.69, 9.17) is 4.74 Å². The molecule has 0 N–H and O–H groups in total. The number of halogens is 1. The SMILES string of the molecule is Fc1ccc(CN2C[C@H]3[C@@H](C2)c2ccccc2[C@@H]3N2CCOCC2)cc1. The predicted molar refractivity (Wildman–Crippen MR) is 99.5 cm³/mol. The second kappa shape index (κ2) is 6.76. The normalized spacial score (nSPS) is 28.9. The van der Waals surface area contributed by atoms with Crippen molar-refractivity contribution < 1.29 is 9.13 Å².